The van der Waals surface area contributed by atoms with E-state index in [4.69, 9.17) is 4.74 Å². The third-order valence-corrected chi connectivity index (χ3v) is 2.47. The molecule has 0 unspecified atom stereocenters. The summed E-state index contributed by atoms with van der Waals surface area (Å²) in [6.07, 6.45) is 0.187. The lowest BCUT2D eigenvalue weighted by molar-refractivity contribution is -0.124. The lowest BCUT2D eigenvalue weighted by Crippen LogP contribution is -2.29. The highest BCUT2D eigenvalue weighted by Crippen LogP contribution is 2.17. The Kier molecular flexibility index (Phi) is 3.27. The smallest absolute Gasteiger partial charge is 0.249 e. The Morgan fingerprint density at radius 1 is 1.35 bits per heavy atom. The first-order valence-electron chi connectivity index (χ1n) is 5.52. The largest absolute Gasteiger partial charge is 0.494 e. The molecule has 0 saturated carbocycles. The number of nitrogens with one attached hydrogen (secondary N) is 2. The number of carbonyl (C=O) groups excluding carboxylic acids is 2. The lowest BCUT2D eigenvalue weighted by Gasteiger charge is -2.11. The molecule has 5 nitrogen and oxygen atoms in total. The van der Waals surface area contributed by atoms with Crippen molar-refractivity contribution in [3.05, 3.63) is 24.3 Å². The molecule has 1 fully saturated rings. The molecule has 1 aliphatic rings. The summed E-state index contributed by atoms with van der Waals surface area (Å²) < 4.78 is 5.31. The molecule has 1 aromatic carbocycles. The number of benzene rings is 1. The predicted octanol–water partition coefficient (Wildman–Crippen LogP) is 0.912. The maximum Gasteiger partial charge on any atom is 0.249 e. The molecular weight excluding hydrogens is 220 g/mol. The molecule has 2 amide bonds. The van der Waals surface area contributed by atoms with E-state index in [-0.39, 0.29) is 18.2 Å². The van der Waals surface area contributed by atoms with Crippen LogP contribution < -0.4 is 15.4 Å². The van der Waals surface area contributed by atoms with Gasteiger partial charge in [-0.05, 0) is 31.2 Å². The van der Waals surface area contributed by atoms with E-state index < -0.39 is 6.04 Å². The summed E-state index contributed by atoms with van der Waals surface area (Å²) in [5.41, 5.74) is 0.795. The number of imide groups is 1. The van der Waals surface area contributed by atoms with Crippen LogP contribution in [0.4, 0.5) is 5.69 Å². The monoisotopic (exact) mass is 234 g/mol. The zero-order chi connectivity index (χ0) is 12.3. The fraction of sp³-hybridized carbons (Fsp3) is 0.333. The van der Waals surface area contributed by atoms with Crippen molar-refractivity contribution in [2.75, 3.05) is 11.9 Å². The quantitative estimate of drug-likeness (QED) is 0.760. The highest BCUT2D eigenvalue weighted by molar-refractivity contribution is 6.06. The fourth-order valence-corrected chi connectivity index (χ4v) is 1.69. The molecule has 0 aromatic heterocycles. The third kappa shape index (κ3) is 2.75. The van der Waals surface area contributed by atoms with Crippen LogP contribution >= 0.6 is 0 Å². The van der Waals surface area contributed by atoms with Crippen LogP contribution in [0.2, 0.25) is 0 Å². The van der Waals surface area contributed by atoms with Crippen molar-refractivity contribution >= 4 is 17.5 Å². The topological polar surface area (TPSA) is 67.4 Å². The molecular formula is C12H14N2O3. The molecule has 2 rings (SSSR count). The van der Waals surface area contributed by atoms with Crippen LogP contribution in [0, 0.1) is 0 Å². The summed E-state index contributed by atoms with van der Waals surface area (Å²) >= 11 is 0. The molecule has 0 aliphatic carbocycles. The molecule has 1 saturated heterocycles. The summed E-state index contributed by atoms with van der Waals surface area (Å²) in [6.45, 7) is 2.53. The normalized spacial score (nSPS) is 19.0. The van der Waals surface area contributed by atoms with E-state index in [1.54, 1.807) is 0 Å². The van der Waals surface area contributed by atoms with Gasteiger partial charge in [0.05, 0.1) is 13.0 Å². The van der Waals surface area contributed by atoms with E-state index in [0.717, 1.165) is 11.4 Å². The van der Waals surface area contributed by atoms with E-state index in [9.17, 15) is 9.59 Å². The van der Waals surface area contributed by atoms with Crippen molar-refractivity contribution in [2.45, 2.75) is 19.4 Å². The van der Waals surface area contributed by atoms with Crippen molar-refractivity contribution in [3.63, 3.8) is 0 Å². The highest BCUT2D eigenvalue weighted by Gasteiger charge is 2.30. The van der Waals surface area contributed by atoms with Gasteiger partial charge in [0.2, 0.25) is 11.8 Å². The SMILES string of the molecule is CCOc1ccc(N[C@@H]2CC(=O)NC2=O)cc1. The van der Waals surface area contributed by atoms with E-state index in [1.165, 1.54) is 0 Å². The average Bonchev–Trinajstić information content (AvgIpc) is 2.61. The molecule has 90 valence electrons. The number of rotatable bonds is 4. The molecule has 2 N–H and O–H groups in total. The highest BCUT2D eigenvalue weighted by atomic mass is 16.5. The van der Waals surface area contributed by atoms with Crippen molar-refractivity contribution in [2.24, 2.45) is 0 Å². The minimum atomic E-state index is -0.472. The second-order valence-electron chi connectivity index (χ2n) is 3.77. The van der Waals surface area contributed by atoms with Gasteiger partial charge in [-0.2, -0.15) is 0 Å². The van der Waals surface area contributed by atoms with Gasteiger partial charge in [0.25, 0.3) is 0 Å². The van der Waals surface area contributed by atoms with Gasteiger partial charge in [0, 0.05) is 5.69 Å². The van der Waals surface area contributed by atoms with Gasteiger partial charge in [0.1, 0.15) is 11.8 Å². The van der Waals surface area contributed by atoms with E-state index in [2.05, 4.69) is 10.6 Å². The summed E-state index contributed by atoms with van der Waals surface area (Å²) in [6, 6.07) is 6.81. The Labute approximate surface area is 99.2 Å². The molecule has 1 atom stereocenters. The minimum absolute atomic E-state index is 0.187. The molecule has 17 heavy (non-hydrogen) atoms. The van der Waals surface area contributed by atoms with E-state index in [1.807, 2.05) is 31.2 Å². The fourth-order valence-electron chi connectivity index (χ4n) is 1.69. The van der Waals surface area contributed by atoms with Crippen molar-refractivity contribution in [1.82, 2.24) is 5.32 Å². The van der Waals surface area contributed by atoms with Gasteiger partial charge in [-0.15, -0.1) is 0 Å². The Hall–Kier alpha value is -2.04. The molecule has 1 aromatic rings. The predicted molar refractivity (Wildman–Crippen MR) is 62.8 cm³/mol. The standard InChI is InChI=1S/C12H14N2O3/c1-2-17-9-5-3-8(4-6-9)13-10-7-11(15)14-12(10)16/h3-6,10,13H,2,7H2,1H3,(H,14,15,16)/t10-/m1/s1. The van der Waals surface area contributed by atoms with Crippen LogP contribution in [0.1, 0.15) is 13.3 Å². The van der Waals surface area contributed by atoms with Crippen LogP contribution in [-0.2, 0) is 9.59 Å². The first-order valence-corrected chi connectivity index (χ1v) is 5.52. The number of hydrogen-bond donors (Lipinski definition) is 2. The second kappa shape index (κ2) is 4.86. The summed E-state index contributed by atoms with van der Waals surface area (Å²) in [7, 11) is 0. The first kappa shape index (κ1) is 11.4. The van der Waals surface area contributed by atoms with Gasteiger partial charge in [0.15, 0.2) is 0 Å². The third-order valence-electron chi connectivity index (χ3n) is 2.47. The molecule has 0 radical (unpaired) electrons. The van der Waals surface area contributed by atoms with Gasteiger partial charge < -0.3 is 10.1 Å². The molecule has 0 bridgehead atoms. The Morgan fingerprint density at radius 3 is 2.59 bits per heavy atom. The maximum absolute atomic E-state index is 11.3. The van der Waals surface area contributed by atoms with Gasteiger partial charge in [-0.25, -0.2) is 0 Å². The van der Waals surface area contributed by atoms with Crippen LogP contribution in [0.5, 0.6) is 5.75 Å². The molecule has 1 heterocycles. The minimum Gasteiger partial charge on any atom is -0.494 e. The summed E-state index contributed by atoms with van der Waals surface area (Å²) in [5, 5.41) is 5.26. The summed E-state index contributed by atoms with van der Waals surface area (Å²) in [4.78, 5) is 22.3. The second-order valence-corrected chi connectivity index (χ2v) is 3.77. The zero-order valence-corrected chi connectivity index (χ0v) is 9.53. The van der Waals surface area contributed by atoms with Crippen molar-refractivity contribution in [1.29, 1.82) is 0 Å². The first-order chi connectivity index (χ1) is 8.19. The van der Waals surface area contributed by atoms with Gasteiger partial charge >= 0.3 is 0 Å². The lowest BCUT2D eigenvalue weighted by atomic mass is 10.2. The Morgan fingerprint density at radius 2 is 2.06 bits per heavy atom. The van der Waals surface area contributed by atoms with Crippen LogP contribution in [0.15, 0.2) is 24.3 Å². The zero-order valence-electron chi connectivity index (χ0n) is 9.53. The van der Waals surface area contributed by atoms with Crippen LogP contribution in [-0.4, -0.2) is 24.5 Å². The van der Waals surface area contributed by atoms with E-state index in [0.29, 0.717) is 6.61 Å². The molecule has 5 heteroatoms. The van der Waals surface area contributed by atoms with Gasteiger partial charge in [-0.3, -0.25) is 14.9 Å². The van der Waals surface area contributed by atoms with Crippen molar-refractivity contribution < 1.29 is 14.3 Å². The molecule has 0 spiro atoms. The Balaban J connectivity index is 1.99. The van der Waals surface area contributed by atoms with Crippen LogP contribution in [0.3, 0.4) is 0 Å². The van der Waals surface area contributed by atoms with E-state index >= 15 is 0 Å². The summed E-state index contributed by atoms with van der Waals surface area (Å²) in [5.74, 6) is 0.271. The van der Waals surface area contributed by atoms with Gasteiger partial charge in [-0.1, -0.05) is 0 Å². The average molecular weight is 234 g/mol. The maximum atomic E-state index is 11.3. The van der Waals surface area contributed by atoms with Crippen LogP contribution in [0.25, 0.3) is 0 Å². The number of ether oxygens (including phenoxy) is 1. The molecule has 1 aliphatic heterocycles. The van der Waals surface area contributed by atoms with Crippen molar-refractivity contribution in [3.8, 4) is 5.75 Å². The number of hydrogen-bond acceptors (Lipinski definition) is 4. The Bertz CT molecular complexity index is 428. The number of amides is 2. The number of anilines is 1. The number of carbonyl (C=O) groups is 2.